The zero-order valence-electron chi connectivity index (χ0n) is 45.4. The van der Waals surface area contributed by atoms with Gasteiger partial charge in [0.2, 0.25) is 0 Å². The van der Waals surface area contributed by atoms with Crippen LogP contribution in [0.2, 0.25) is 0 Å². The fourth-order valence-electron chi connectivity index (χ4n) is 8.54. The second kappa shape index (κ2) is 57.0. The number of hydrogen-bond acceptors (Lipinski definition) is 6. The van der Waals surface area contributed by atoms with Crippen LogP contribution in [-0.2, 0) is 28.6 Å². The van der Waals surface area contributed by atoms with Gasteiger partial charge in [0.15, 0.2) is 6.10 Å². The molecule has 0 aliphatic rings. The molecular weight excluding hydrogens is 841 g/mol. The largest absolute Gasteiger partial charge is 0.462 e. The molecule has 6 heteroatoms. The van der Waals surface area contributed by atoms with Crippen molar-refractivity contribution in [3.8, 4) is 0 Å². The average molecular weight is 954 g/mol. The van der Waals surface area contributed by atoms with Gasteiger partial charge in [0, 0.05) is 19.3 Å². The van der Waals surface area contributed by atoms with Gasteiger partial charge in [0.05, 0.1) is 0 Å². The molecule has 6 nitrogen and oxygen atoms in total. The Labute approximate surface area is 422 Å². The molecule has 1 unspecified atom stereocenters. The molecule has 0 rings (SSSR count). The third kappa shape index (κ3) is 54.3. The number of hydrogen-bond donors (Lipinski definition) is 0. The third-order valence-corrected chi connectivity index (χ3v) is 13.1. The van der Waals surface area contributed by atoms with Crippen molar-refractivity contribution in [2.75, 3.05) is 13.2 Å². The van der Waals surface area contributed by atoms with E-state index >= 15 is 0 Å². The van der Waals surface area contributed by atoms with Gasteiger partial charge >= 0.3 is 17.9 Å². The normalized spacial score (nSPS) is 12.3. The summed E-state index contributed by atoms with van der Waals surface area (Å²) in [5, 5.41) is 0. The first-order valence-electron chi connectivity index (χ1n) is 29.6. The Hall–Kier alpha value is -2.63. The summed E-state index contributed by atoms with van der Waals surface area (Å²) in [7, 11) is 0. The van der Waals surface area contributed by atoms with Crippen molar-refractivity contribution in [3.63, 3.8) is 0 Å². The quantitative estimate of drug-likeness (QED) is 0.0262. The Morgan fingerprint density at radius 1 is 0.294 bits per heavy atom. The second-order valence-corrected chi connectivity index (χ2v) is 19.9. The molecule has 0 aromatic carbocycles. The summed E-state index contributed by atoms with van der Waals surface area (Å²) in [5.41, 5.74) is 0. The summed E-state index contributed by atoms with van der Waals surface area (Å²) in [6.07, 6.45) is 69.7. The van der Waals surface area contributed by atoms with Crippen LogP contribution < -0.4 is 0 Å². The predicted molar refractivity (Wildman–Crippen MR) is 293 cm³/mol. The van der Waals surface area contributed by atoms with E-state index in [9.17, 15) is 14.4 Å². The van der Waals surface area contributed by atoms with Crippen molar-refractivity contribution < 1.29 is 28.6 Å². The van der Waals surface area contributed by atoms with Gasteiger partial charge in [-0.3, -0.25) is 14.4 Å². The van der Waals surface area contributed by atoms with Gasteiger partial charge in [-0.05, 0) is 70.6 Å². The lowest BCUT2D eigenvalue weighted by Gasteiger charge is -2.18. The average Bonchev–Trinajstić information content (AvgIpc) is 3.34. The highest BCUT2D eigenvalue weighted by Crippen LogP contribution is 2.17. The summed E-state index contributed by atoms with van der Waals surface area (Å²) in [4.78, 5) is 38.1. The summed E-state index contributed by atoms with van der Waals surface area (Å²) in [6, 6.07) is 0. The summed E-state index contributed by atoms with van der Waals surface area (Å²) < 4.78 is 16.9. The molecular formula is C62H112O6. The first kappa shape index (κ1) is 65.4. The molecule has 0 aromatic heterocycles. The highest BCUT2D eigenvalue weighted by atomic mass is 16.6. The van der Waals surface area contributed by atoms with E-state index in [-0.39, 0.29) is 31.1 Å². The van der Waals surface area contributed by atoms with Crippen LogP contribution in [0.3, 0.4) is 0 Å². The molecule has 0 saturated heterocycles. The van der Waals surface area contributed by atoms with Crippen LogP contribution in [-0.4, -0.2) is 37.2 Å². The lowest BCUT2D eigenvalue weighted by atomic mass is 10.0. The molecule has 0 aliphatic carbocycles. The van der Waals surface area contributed by atoms with Gasteiger partial charge < -0.3 is 14.2 Å². The van der Waals surface area contributed by atoms with E-state index in [1.165, 1.54) is 167 Å². The lowest BCUT2D eigenvalue weighted by Crippen LogP contribution is -2.30. The van der Waals surface area contributed by atoms with Crippen molar-refractivity contribution >= 4 is 17.9 Å². The highest BCUT2D eigenvalue weighted by Gasteiger charge is 2.19. The van der Waals surface area contributed by atoms with E-state index in [0.29, 0.717) is 19.3 Å². The van der Waals surface area contributed by atoms with E-state index in [1.807, 2.05) is 0 Å². The third-order valence-electron chi connectivity index (χ3n) is 13.1. The Kier molecular flexibility index (Phi) is 54.8. The second-order valence-electron chi connectivity index (χ2n) is 19.9. The maximum Gasteiger partial charge on any atom is 0.306 e. The SMILES string of the molecule is CCCC/C=C\C/C=C\CCCCCCCC(=O)OCC(COC(=O)CCCCCCCCCCCCCCCCCCCCCCCC)OC(=O)CCCCCCC/C=C\C/C=C\CCCC. The minimum Gasteiger partial charge on any atom is -0.462 e. The molecule has 0 radical (unpaired) electrons. The fourth-order valence-corrected chi connectivity index (χ4v) is 8.54. The maximum absolute atomic E-state index is 12.8. The van der Waals surface area contributed by atoms with Crippen LogP contribution in [0.25, 0.3) is 0 Å². The first-order chi connectivity index (χ1) is 33.5. The lowest BCUT2D eigenvalue weighted by molar-refractivity contribution is -0.167. The minimum absolute atomic E-state index is 0.0806. The molecule has 396 valence electrons. The highest BCUT2D eigenvalue weighted by molar-refractivity contribution is 5.71. The molecule has 1 atom stereocenters. The first-order valence-corrected chi connectivity index (χ1v) is 29.6. The van der Waals surface area contributed by atoms with Crippen LogP contribution in [0.5, 0.6) is 0 Å². The van der Waals surface area contributed by atoms with Crippen molar-refractivity contribution in [1.82, 2.24) is 0 Å². The van der Waals surface area contributed by atoms with Crippen molar-refractivity contribution in [3.05, 3.63) is 48.6 Å². The molecule has 0 heterocycles. The van der Waals surface area contributed by atoms with Gasteiger partial charge in [0.1, 0.15) is 13.2 Å². The summed E-state index contributed by atoms with van der Waals surface area (Å²) in [5.74, 6) is -0.895. The van der Waals surface area contributed by atoms with E-state index in [4.69, 9.17) is 14.2 Å². The molecule has 68 heavy (non-hydrogen) atoms. The number of carbonyl (C=O) groups is 3. The van der Waals surface area contributed by atoms with Crippen LogP contribution in [0.4, 0.5) is 0 Å². The van der Waals surface area contributed by atoms with E-state index in [2.05, 4.69) is 69.4 Å². The number of unbranched alkanes of at least 4 members (excludes halogenated alkanes) is 35. The van der Waals surface area contributed by atoms with Crippen LogP contribution in [0.1, 0.15) is 310 Å². The smallest absolute Gasteiger partial charge is 0.306 e. The maximum atomic E-state index is 12.8. The van der Waals surface area contributed by atoms with E-state index in [0.717, 1.165) is 103 Å². The Morgan fingerprint density at radius 3 is 0.853 bits per heavy atom. The molecule has 0 saturated carbocycles. The molecule has 0 N–H and O–H groups in total. The number of allylic oxidation sites excluding steroid dienone is 8. The Bertz CT molecular complexity index is 1190. The Balaban J connectivity index is 4.29. The van der Waals surface area contributed by atoms with Gasteiger partial charge in [-0.2, -0.15) is 0 Å². The number of esters is 3. The summed E-state index contributed by atoms with van der Waals surface area (Å²) >= 11 is 0. The van der Waals surface area contributed by atoms with Crippen molar-refractivity contribution in [2.45, 2.75) is 316 Å². The van der Waals surface area contributed by atoms with Gasteiger partial charge in [-0.1, -0.05) is 268 Å². The summed E-state index contributed by atoms with van der Waals surface area (Å²) in [6.45, 7) is 6.57. The van der Waals surface area contributed by atoms with Crippen LogP contribution in [0, 0.1) is 0 Å². The van der Waals surface area contributed by atoms with Crippen molar-refractivity contribution in [1.29, 1.82) is 0 Å². The zero-order valence-corrected chi connectivity index (χ0v) is 45.4. The van der Waals surface area contributed by atoms with E-state index in [1.54, 1.807) is 0 Å². The minimum atomic E-state index is -0.784. The monoisotopic (exact) mass is 953 g/mol. The van der Waals surface area contributed by atoms with Crippen molar-refractivity contribution in [2.24, 2.45) is 0 Å². The van der Waals surface area contributed by atoms with Gasteiger partial charge in [-0.25, -0.2) is 0 Å². The number of ether oxygens (including phenoxy) is 3. The predicted octanol–water partition coefficient (Wildman–Crippen LogP) is 19.8. The van der Waals surface area contributed by atoms with Gasteiger partial charge in [-0.15, -0.1) is 0 Å². The standard InChI is InChI=1S/C62H112O6/c1-4-7-10-13-16-19-22-25-28-29-30-31-32-33-34-35-38-40-43-46-49-52-55-61(64)67-58-59(68-62(65)56-53-50-47-44-41-37-27-24-21-18-15-12-9-6-3)57-66-60(63)54-51-48-45-42-39-36-26-23-20-17-14-11-8-5-2/h14-15,17-18,23-24,26-27,59H,4-13,16,19-22,25,28-58H2,1-3H3/b17-14-,18-15-,26-23-,27-24-. The molecule has 0 bridgehead atoms. The van der Waals surface area contributed by atoms with Gasteiger partial charge in [0.25, 0.3) is 0 Å². The fraction of sp³-hybridized carbons (Fsp3) is 0.823. The molecule has 0 fully saturated rings. The van der Waals surface area contributed by atoms with Crippen LogP contribution in [0.15, 0.2) is 48.6 Å². The molecule has 0 spiro atoms. The molecule has 0 aliphatic heterocycles. The number of rotatable bonds is 54. The molecule has 0 amide bonds. The van der Waals surface area contributed by atoms with E-state index < -0.39 is 6.10 Å². The van der Waals surface area contributed by atoms with Crippen LogP contribution >= 0.6 is 0 Å². The Morgan fingerprint density at radius 2 is 0.544 bits per heavy atom. The number of carbonyl (C=O) groups excluding carboxylic acids is 3. The molecule has 0 aromatic rings. The zero-order chi connectivity index (χ0) is 49.3. The topological polar surface area (TPSA) is 78.9 Å².